The molecule has 8 heteroatoms. The second-order valence-corrected chi connectivity index (χ2v) is 10.9. The Labute approximate surface area is 155 Å². The van der Waals surface area contributed by atoms with Crippen LogP contribution in [0.1, 0.15) is 26.7 Å². The molecule has 1 atom stereocenters. The van der Waals surface area contributed by atoms with Gasteiger partial charge in [0.2, 0.25) is 5.91 Å². The molecule has 1 amide bonds. The molecule has 0 aliphatic carbocycles. The minimum absolute atomic E-state index is 0.0312. The normalized spacial score (nSPS) is 20.0. The predicted octanol–water partition coefficient (Wildman–Crippen LogP) is 1.85. The van der Waals surface area contributed by atoms with Gasteiger partial charge in [0.25, 0.3) is 10.0 Å². The molecule has 1 aromatic rings. The molecule has 1 aromatic heterocycles. The summed E-state index contributed by atoms with van der Waals surface area (Å²) in [6.45, 7) is 6.43. The van der Waals surface area contributed by atoms with E-state index in [9.17, 15) is 13.2 Å². The molecule has 0 saturated carbocycles. The van der Waals surface area contributed by atoms with Crippen LogP contribution >= 0.6 is 11.3 Å². The molecule has 6 nitrogen and oxygen atoms in total. The third kappa shape index (κ3) is 5.51. The highest BCUT2D eigenvalue weighted by Gasteiger charge is 2.34. The molecule has 2 rings (SSSR count). The van der Waals surface area contributed by atoms with E-state index in [0.717, 1.165) is 13.0 Å². The molecule has 2 heterocycles. The maximum Gasteiger partial charge on any atom is 0.252 e. The van der Waals surface area contributed by atoms with Crippen LogP contribution in [0.3, 0.4) is 0 Å². The molecule has 1 aliphatic rings. The monoisotopic (exact) mass is 387 g/mol. The van der Waals surface area contributed by atoms with E-state index in [4.69, 9.17) is 0 Å². The molecule has 1 saturated heterocycles. The van der Waals surface area contributed by atoms with Gasteiger partial charge >= 0.3 is 0 Å². The van der Waals surface area contributed by atoms with E-state index in [0.29, 0.717) is 23.7 Å². The van der Waals surface area contributed by atoms with Crippen molar-refractivity contribution in [1.82, 2.24) is 14.5 Å². The second-order valence-electron chi connectivity index (χ2n) is 7.75. The number of thiophene rings is 1. The lowest BCUT2D eigenvalue weighted by atomic mass is 9.92. The number of carbonyl (C=O) groups is 1. The van der Waals surface area contributed by atoms with Gasteiger partial charge in [0.1, 0.15) is 4.21 Å². The molecule has 1 aliphatic heterocycles. The van der Waals surface area contributed by atoms with E-state index in [1.807, 2.05) is 14.1 Å². The lowest BCUT2D eigenvalue weighted by Crippen LogP contribution is -2.47. The van der Waals surface area contributed by atoms with Crippen molar-refractivity contribution < 1.29 is 13.2 Å². The zero-order valence-electron chi connectivity index (χ0n) is 15.5. The first-order valence-electron chi connectivity index (χ1n) is 8.58. The molecule has 1 fully saturated rings. The van der Waals surface area contributed by atoms with E-state index in [1.54, 1.807) is 17.5 Å². The summed E-state index contributed by atoms with van der Waals surface area (Å²) in [6.07, 6.45) is 1.44. The molecular formula is C17H29N3O3S2. The van der Waals surface area contributed by atoms with E-state index in [-0.39, 0.29) is 23.8 Å². The largest absolute Gasteiger partial charge is 0.355 e. The highest BCUT2D eigenvalue weighted by molar-refractivity contribution is 7.91. The van der Waals surface area contributed by atoms with Gasteiger partial charge in [-0.2, -0.15) is 4.31 Å². The van der Waals surface area contributed by atoms with Crippen LogP contribution in [0.4, 0.5) is 0 Å². The average Bonchev–Trinajstić information content (AvgIpc) is 3.07. The molecule has 1 unspecified atom stereocenters. The molecule has 0 radical (unpaired) electrons. The van der Waals surface area contributed by atoms with E-state index >= 15 is 0 Å². The van der Waals surface area contributed by atoms with Gasteiger partial charge in [-0.25, -0.2) is 8.42 Å². The highest BCUT2D eigenvalue weighted by Crippen LogP contribution is 2.26. The van der Waals surface area contributed by atoms with Crippen LogP contribution in [-0.2, 0) is 14.8 Å². The number of hydrogen-bond donors (Lipinski definition) is 1. The maximum absolute atomic E-state index is 12.7. The quantitative estimate of drug-likeness (QED) is 0.775. The smallest absolute Gasteiger partial charge is 0.252 e. The standard InChI is InChI=1S/C17H29N3O3S2/c1-17(2,13-19(3)4)12-18-16(21)14-7-5-9-20(11-14)25(22,23)15-8-6-10-24-15/h6,8,10,14H,5,7,9,11-13H2,1-4H3,(H,18,21). The number of rotatable bonds is 7. The molecule has 0 spiro atoms. The minimum Gasteiger partial charge on any atom is -0.355 e. The van der Waals surface area contributed by atoms with Crippen LogP contribution in [0.2, 0.25) is 0 Å². The third-order valence-corrected chi connectivity index (χ3v) is 7.57. The summed E-state index contributed by atoms with van der Waals surface area (Å²) in [5, 5.41) is 4.78. The van der Waals surface area contributed by atoms with Crippen LogP contribution in [0.5, 0.6) is 0 Å². The number of nitrogens with one attached hydrogen (secondary N) is 1. The van der Waals surface area contributed by atoms with Crippen LogP contribution in [0.25, 0.3) is 0 Å². The van der Waals surface area contributed by atoms with Crippen molar-refractivity contribution >= 4 is 27.3 Å². The van der Waals surface area contributed by atoms with Crippen molar-refractivity contribution in [2.45, 2.75) is 30.9 Å². The van der Waals surface area contributed by atoms with Crippen molar-refractivity contribution in [2.24, 2.45) is 11.3 Å². The van der Waals surface area contributed by atoms with Crippen molar-refractivity contribution in [1.29, 1.82) is 0 Å². The van der Waals surface area contributed by atoms with Crippen LogP contribution in [0, 0.1) is 11.3 Å². The fraction of sp³-hybridized carbons (Fsp3) is 0.706. The molecule has 0 bridgehead atoms. The third-order valence-electron chi connectivity index (χ3n) is 4.33. The van der Waals surface area contributed by atoms with Gasteiger partial charge < -0.3 is 10.2 Å². The summed E-state index contributed by atoms with van der Waals surface area (Å²) in [4.78, 5) is 14.6. The molecule has 1 N–H and O–H groups in total. The zero-order valence-corrected chi connectivity index (χ0v) is 17.1. The summed E-state index contributed by atoms with van der Waals surface area (Å²) in [6, 6.07) is 3.35. The Morgan fingerprint density at radius 2 is 2.16 bits per heavy atom. The van der Waals surface area contributed by atoms with E-state index < -0.39 is 10.0 Å². The number of carbonyl (C=O) groups excluding carboxylic acids is 1. The fourth-order valence-electron chi connectivity index (χ4n) is 3.29. The van der Waals surface area contributed by atoms with E-state index in [2.05, 4.69) is 24.1 Å². The van der Waals surface area contributed by atoms with Gasteiger partial charge in [-0.1, -0.05) is 19.9 Å². The minimum atomic E-state index is -3.48. The SMILES string of the molecule is CN(C)CC(C)(C)CNC(=O)C1CCCN(S(=O)(=O)c2cccs2)C1. The molecule has 0 aromatic carbocycles. The molecule has 142 valence electrons. The molecular weight excluding hydrogens is 358 g/mol. The Hall–Kier alpha value is -0.960. The Kier molecular flexibility index (Phi) is 6.64. The van der Waals surface area contributed by atoms with Gasteiger partial charge in [0.15, 0.2) is 0 Å². The van der Waals surface area contributed by atoms with Crippen LogP contribution in [0.15, 0.2) is 21.7 Å². The van der Waals surface area contributed by atoms with Gasteiger partial charge in [0.05, 0.1) is 5.92 Å². The summed E-state index contributed by atoms with van der Waals surface area (Å²) < 4.78 is 27.1. The summed E-state index contributed by atoms with van der Waals surface area (Å²) in [7, 11) is 0.545. The van der Waals surface area contributed by atoms with Gasteiger partial charge in [-0.3, -0.25) is 4.79 Å². The van der Waals surface area contributed by atoms with E-state index in [1.165, 1.54) is 15.6 Å². The number of nitrogens with zero attached hydrogens (tertiary/aromatic N) is 2. The first-order chi connectivity index (χ1) is 11.6. The lowest BCUT2D eigenvalue weighted by molar-refractivity contribution is -0.126. The topological polar surface area (TPSA) is 69.7 Å². The van der Waals surface area contributed by atoms with Crippen molar-refractivity contribution in [3.8, 4) is 0 Å². The second kappa shape index (κ2) is 8.16. The first-order valence-corrected chi connectivity index (χ1v) is 10.9. The van der Waals surface area contributed by atoms with Gasteiger partial charge in [-0.15, -0.1) is 11.3 Å². The predicted molar refractivity (Wildman–Crippen MR) is 101 cm³/mol. The number of piperidine rings is 1. The summed E-state index contributed by atoms with van der Waals surface area (Å²) in [5.74, 6) is -0.323. The summed E-state index contributed by atoms with van der Waals surface area (Å²) in [5.41, 5.74) is -0.0312. The first kappa shape index (κ1) is 20.4. The number of hydrogen-bond acceptors (Lipinski definition) is 5. The van der Waals surface area contributed by atoms with Gasteiger partial charge in [-0.05, 0) is 43.8 Å². The van der Waals surface area contributed by atoms with Crippen molar-refractivity contribution in [2.75, 3.05) is 40.3 Å². The van der Waals surface area contributed by atoms with Crippen LogP contribution in [-0.4, -0.2) is 63.8 Å². The van der Waals surface area contributed by atoms with Crippen LogP contribution < -0.4 is 5.32 Å². The fourth-order valence-corrected chi connectivity index (χ4v) is 5.96. The Balaban J connectivity index is 1.95. The lowest BCUT2D eigenvalue weighted by Gasteiger charge is -2.32. The number of sulfonamides is 1. The maximum atomic E-state index is 12.7. The Morgan fingerprint density at radius 3 is 2.76 bits per heavy atom. The van der Waals surface area contributed by atoms with Crippen molar-refractivity contribution in [3.63, 3.8) is 0 Å². The summed E-state index contributed by atoms with van der Waals surface area (Å²) >= 11 is 1.22. The highest BCUT2D eigenvalue weighted by atomic mass is 32.2. The molecule has 25 heavy (non-hydrogen) atoms. The Morgan fingerprint density at radius 1 is 1.44 bits per heavy atom. The van der Waals surface area contributed by atoms with Crippen molar-refractivity contribution in [3.05, 3.63) is 17.5 Å². The Bertz CT molecular complexity index is 669. The zero-order chi connectivity index (χ0) is 18.7. The van der Waals surface area contributed by atoms with Gasteiger partial charge in [0, 0.05) is 26.2 Å². The number of amides is 1. The average molecular weight is 388 g/mol.